The lowest BCUT2D eigenvalue weighted by Gasteiger charge is -2.20. The van der Waals surface area contributed by atoms with Gasteiger partial charge in [0.05, 0.1) is 12.2 Å². The summed E-state index contributed by atoms with van der Waals surface area (Å²) < 4.78 is 5.26. The van der Waals surface area contributed by atoms with Crippen LogP contribution in [0.25, 0.3) is 0 Å². The Labute approximate surface area is 117 Å². The Bertz CT molecular complexity index is 395. The molecule has 2 unspecified atom stereocenters. The van der Waals surface area contributed by atoms with Crippen molar-refractivity contribution in [1.82, 2.24) is 0 Å². The lowest BCUT2D eigenvalue weighted by Crippen LogP contribution is -2.14. The van der Waals surface area contributed by atoms with E-state index in [0.29, 0.717) is 18.4 Å². The zero-order chi connectivity index (χ0) is 14.4. The van der Waals surface area contributed by atoms with Gasteiger partial charge in [0.25, 0.3) is 0 Å². The summed E-state index contributed by atoms with van der Waals surface area (Å²) in [7, 11) is 0. The lowest BCUT2D eigenvalue weighted by molar-refractivity contribution is 0.0522. The molecule has 2 nitrogen and oxygen atoms in total. The molecule has 0 saturated heterocycles. The predicted octanol–water partition coefficient (Wildman–Crippen LogP) is 4.89. The Kier molecular flexibility index (Phi) is 6.07. The van der Waals surface area contributed by atoms with Gasteiger partial charge >= 0.3 is 5.97 Å². The zero-order valence-electron chi connectivity index (χ0n) is 12.8. The molecule has 2 atom stereocenters. The van der Waals surface area contributed by atoms with Gasteiger partial charge in [-0.3, -0.25) is 0 Å². The van der Waals surface area contributed by atoms with Gasteiger partial charge in [-0.1, -0.05) is 45.9 Å². The van der Waals surface area contributed by atoms with Gasteiger partial charge in [-0.05, 0) is 42.7 Å². The van der Waals surface area contributed by atoms with E-state index in [4.69, 9.17) is 4.74 Å². The predicted molar refractivity (Wildman–Crippen MR) is 79.8 cm³/mol. The van der Waals surface area contributed by atoms with Crippen LogP contribution in [0.5, 0.6) is 0 Å². The minimum Gasteiger partial charge on any atom is -0.462 e. The van der Waals surface area contributed by atoms with Gasteiger partial charge in [0.15, 0.2) is 0 Å². The van der Waals surface area contributed by atoms with Crippen LogP contribution in [0.15, 0.2) is 18.2 Å². The van der Waals surface area contributed by atoms with Gasteiger partial charge in [0, 0.05) is 0 Å². The summed E-state index contributed by atoms with van der Waals surface area (Å²) in [5.74, 6) is 0.584. The normalized spacial score (nSPS) is 13.9. The highest BCUT2D eigenvalue weighted by atomic mass is 16.5. The second kappa shape index (κ2) is 7.32. The summed E-state index contributed by atoms with van der Waals surface area (Å²) in [5.41, 5.74) is 3.05. The van der Waals surface area contributed by atoms with Crippen molar-refractivity contribution in [3.8, 4) is 0 Å². The second-order valence-corrected chi connectivity index (χ2v) is 5.15. The van der Waals surface area contributed by atoms with E-state index in [1.165, 1.54) is 0 Å². The van der Waals surface area contributed by atoms with Crippen LogP contribution in [0.3, 0.4) is 0 Å². The fraction of sp³-hybridized carbons (Fsp3) is 0.588. The maximum atomic E-state index is 12.3. The highest BCUT2D eigenvalue weighted by Crippen LogP contribution is 2.31. The number of carbonyl (C=O) groups excluding carboxylic acids is 1. The monoisotopic (exact) mass is 262 g/mol. The molecule has 0 spiro atoms. The van der Waals surface area contributed by atoms with Crippen LogP contribution >= 0.6 is 0 Å². The molecule has 0 aromatic heterocycles. The minimum absolute atomic E-state index is 0.173. The molecular weight excluding hydrogens is 236 g/mol. The standard InChI is InChI=1S/C17H26O2/c1-6-12(4)14-10-9-11-15(13(5)7-2)16(14)17(18)19-8-3/h9-13H,6-8H2,1-5H3. The van der Waals surface area contributed by atoms with Crippen LogP contribution in [0.2, 0.25) is 0 Å². The summed E-state index contributed by atoms with van der Waals surface area (Å²) in [6.45, 7) is 10.9. The third kappa shape index (κ3) is 3.59. The number of hydrogen-bond acceptors (Lipinski definition) is 2. The Balaban J connectivity index is 3.35. The van der Waals surface area contributed by atoms with Gasteiger partial charge < -0.3 is 4.74 Å². The molecule has 1 rings (SSSR count). The first-order valence-electron chi connectivity index (χ1n) is 7.36. The SMILES string of the molecule is CCOC(=O)c1c(C(C)CC)cccc1C(C)CC. The van der Waals surface area contributed by atoms with Crippen LogP contribution in [0.1, 0.15) is 80.8 Å². The van der Waals surface area contributed by atoms with Crippen LogP contribution < -0.4 is 0 Å². The van der Waals surface area contributed by atoms with Crippen LogP contribution in [-0.2, 0) is 4.74 Å². The molecule has 0 bridgehead atoms. The first-order chi connectivity index (χ1) is 9.06. The zero-order valence-corrected chi connectivity index (χ0v) is 12.8. The molecule has 106 valence electrons. The lowest BCUT2D eigenvalue weighted by atomic mass is 9.86. The highest BCUT2D eigenvalue weighted by molar-refractivity contribution is 5.93. The van der Waals surface area contributed by atoms with Gasteiger partial charge in [-0.2, -0.15) is 0 Å². The van der Waals surface area contributed by atoms with E-state index in [2.05, 4.69) is 45.9 Å². The van der Waals surface area contributed by atoms with Crippen LogP contribution in [-0.4, -0.2) is 12.6 Å². The quantitative estimate of drug-likeness (QED) is 0.682. The maximum absolute atomic E-state index is 12.3. The first kappa shape index (κ1) is 15.7. The van der Waals surface area contributed by atoms with Crippen molar-refractivity contribution in [3.63, 3.8) is 0 Å². The van der Waals surface area contributed by atoms with E-state index in [1.54, 1.807) is 0 Å². The Morgan fingerprint density at radius 3 is 1.89 bits per heavy atom. The molecule has 0 amide bonds. The smallest absolute Gasteiger partial charge is 0.338 e. The number of benzene rings is 1. The Hall–Kier alpha value is -1.31. The highest BCUT2D eigenvalue weighted by Gasteiger charge is 2.22. The molecule has 0 N–H and O–H groups in total. The molecule has 0 saturated carbocycles. The first-order valence-corrected chi connectivity index (χ1v) is 7.36. The largest absolute Gasteiger partial charge is 0.462 e. The average Bonchev–Trinajstić information content (AvgIpc) is 2.44. The Morgan fingerprint density at radius 2 is 1.53 bits per heavy atom. The third-order valence-corrected chi connectivity index (χ3v) is 3.90. The fourth-order valence-electron chi connectivity index (χ4n) is 2.29. The topological polar surface area (TPSA) is 26.3 Å². The van der Waals surface area contributed by atoms with E-state index in [1.807, 2.05) is 6.92 Å². The summed E-state index contributed by atoms with van der Waals surface area (Å²) >= 11 is 0. The number of ether oxygens (including phenoxy) is 1. The van der Waals surface area contributed by atoms with Gasteiger partial charge in [-0.25, -0.2) is 4.79 Å². The molecule has 0 radical (unpaired) electrons. The van der Waals surface area contributed by atoms with Crippen molar-refractivity contribution >= 4 is 5.97 Å². The molecule has 0 aliphatic rings. The van der Waals surface area contributed by atoms with Crippen molar-refractivity contribution in [2.45, 2.75) is 59.3 Å². The molecule has 0 aliphatic carbocycles. The second-order valence-electron chi connectivity index (χ2n) is 5.15. The van der Waals surface area contributed by atoms with E-state index in [9.17, 15) is 4.79 Å². The fourth-order valence-corrected chi connectivity index (χ4v) is 2.29. The van der Waals surface area contributed by atoms with E-state index >= 15 is 0 Å². The van der Waals surface area contributed by atoms with E-state index in [0.717, 1.165) is 29.5 Å². The number of rotatable bonds is 6. The van der Waals surface area contributed by atoms with Crippen molar-refractivity contribution in [1.29, 1.82) is 0 Å². The summed E-state index contributed by atoms with van der Waals surface area (Å²) in [6, 6.07) is 6.18. The van der Waals surface area contributed by atoms with Crippen molar-refractivity contribution < 1.29 is 9.53 Å². The van der Waals surface area contributed by atoms with Crippen molar-refractivity contribution in [3.05, 3.63) is 34.9 Å². The van der Waals surface area contributed by atoms with Gasteiger partial charge in [0.2, 0.25) is 0 Å². The van der Waals surface area contributed by atoms with Crippen molar-refractivity contribution in [2.75, 3.05) is 6.61 Å². The Morgan fingerprint density at radius 1 is 1.05 bits per heavy atom. The molecule has 1 aromatic rings. The van der Waals surface area contributed by atoms with Crippen LogP contribution in [0, 0.1) is 0 Å². The number of hydrogen-bond donors (Lipinski definition) is 0. The van der Waals surface area contributed by atoms with Gasteiger partial charge in [-0.15, -0.1) is 0 Å². The average molecular weight is 262 g/mol. The van der Waals surface area contributed by atoms with E-state index in [-0.39, 0.29) is 5.97 Å². The molecular formula is C17H26O2. The third-order valence-electron chi connectivity index (χ3n) is 3.90. The summed E-state index contributed by atoms with van der Waals surface area (Å²) in [5, 5.41) is 0. The minimum atomic E-state index is -0.173. The molecule has 0 heterocycles. The molecule has 0 fully saturated rings. The molecule has 2 heteroatoms. The summed E-state index contributed by atoms with van der Waals surface area (Å²) in [6.07, 6.45) is 2.05. The maximum Gasteiger partial charge on any atom is 0.338 e. The molecule has 19 heavy (non-hydrogen) atoms. The molecule has 1 aromatic carbocycles. The van der Waals surface area contributed by atoms with Crippen LogP contribution in [0.4, 0.5) is 0 Å². The van der Waals surface area contributed by atoms with Gasteiger partial charge in [0.1, 0.15) is 0 Å². The number of carbonyl (C=O) groups is 1. The van der Waals surface area contributed by atoms with E-state index < -0.39 is 0 Å². The summed E-state index contributed by atoms with van der Waals surface area (Å²) in [4.78, 5) is 12.3. The number of esters is 1. The van der Waals surface area contributed by atoms with Crippen molar-refractivity contribution in [2.24, 2.45) is 0 Å². The molecule has 0 aliphatic heterocycles.